The molecule has 17 heavy (non-hydrogen) atoms. The molecule has 0 saturated heterocycles. The Morgan fingerprint density at radius 1 is 1.12 bits per heavy atom. The van der Waals surface area contributed by atoms with Crippen molar-refractivity contribution in [3.05, 3.63) is 28.5 Å². The summed E-state index contributed by atoms with van der Waals surface area (Å²) in [4.78, 5) is 4.16. The summed E-state index contributed by atoms with van der Waals surface area (Å²) in [5.41, 5.74) is 1.14. The predicted molar refractivity (Wildman–Crippen MR) is 75.0 cm³/mol. The SMILES string of the molecule is CCCCCCCCOCc1ccc(Br)nc1. The lowest BCUT2D eigenvalue weighted by molar-refractivity contribution is 0.116. The molecule has 0 saturated carbocycles. The number of rotatable bonds is 9. The zero-order valence-corrected chi connectivity index (χ0v) is 12.2. The van der Waals surface area contributed by atoms with Crippen LogP contribution >= 0.6 is 15.9 Å². The predicted octanol–water partition coefficient (Wildman–Crippen LogP) is 4.72. The third kappa shape index (κ3) is 7.50. The third-order valence-corrected chi connectivity index (χ3v) is 3.17. The van der Waals surface area contributed by atoms with Gasteiger partial charge in [-0.2, -0.15) is 0 Å². The molecule has 0 aliphatic carbocycles. The van der Waals surface area contributed by atoms with Gasteiger partial charge in [0.05, 0.1) is 6.61 Å². The number of unbranched alkanes of at least 4 members (excludes halogenated alkanes) is 5. The van der Waals surface area contributed by atoms with E-state index in [0.29, 0.717) is 6.61 Å². The van der Waals surface area contributed by atoms with Crippen LogP contribution in [-0.2, 0) is 11.3 Å². The molecule has 0 N–H and O–H groups in total. The summed E-state index contributed by atoms with van der Waals surface area (Å²) in [6, 6.07) is 3.99. The van der Waals surface area contributed by atoms with E-state index < -0.39 is 0 Å². The van der Waals surface area contributed by atoms with Crippen molar-refractivity contribution in [3.63, 3.8) is 0 Å². The zero-order valence-electron chi connectivity index (χ0n) is 10.6. The molecule has 1 heterocycles. The highest BCUT2D eigenvalue weighted by molar-refractivity contribution is 9.10. The van der Waals surface area contributed by atoms with E-state index in [2.05, 4.69) is 27.8 Å². The highest BCUT2D eigenvalue weighted by Gasteiger charge is 1.95. The molecule has 1 aromatic heterocycles. The second-order valence-electron chi connectivity index (χ2n) is 4.31. The molecule has 2 nitrogen and oxygen atoms in total. The van der Waals surface area contributed by atoms with Crippen LogP contribution in [0.4, 0.5) is 0 Å². The molecule has 0 atom stereocenters. The van der Waals surface area contributed by atoms with Crippen molar-refractivity contribution in [2.75, 3.05) is 6.61 Å². The Balaban J connectivity index is 1.95. The zero-order chi connectivity index (χ0) is 12.3. The van der Waals surface area contributed by atoms with Crippen LogP contribution < -0.4 is 0 Å². The van der Waals surface area contributed by atoms with E-state index in [1.54, 1.807) is 0 Å². The molecule has 0 radical (unpaired) electrons. The first kappa shape index (κ1) is 14.7. The molecule has 3 heteroatoms. The number of aromatic nitrogens is 1. The monoisotopic (exact) mass is 299 g/mol. The van der Waals surface area contributed by atoms with E-state index in [1.807, 2.05) is 18.3 Å². The summed E-state index contributed by atoms with van der Waals surface area (Å²) in [6.07, 6.45) is 9.71. The molecular weight excluding hydrogens is 278 g/mol. The highest BCUT2D eigenvalue weighted by Crippen LogP contribution is 2.08. The van der Waals surface area contributed by atoms with Gasteiger partial charge in [0.1, 0.15) is 4.60 Å². The van der Waals surface area contributed by atoms with Crippen LogP contribution in [0.15, 0.2) is 22.9 Å². The summed E-state index contributed by atoms with van der Waals surface area (Å²) in [5, 5.41) is 0. The minimum atomic E-state index is 0.676. The fourth-order valence-corrected chi connectivity index (χ4v) is 1.90. The standard InChI is InChI=1S/C14H22BrNO/c1-2-3-4-5-6-7-10-17-12-13-8-9-14(15)16-11-13/h8-9,11H,2-7,10,12H2,1H3. The van der Waals surface area contributed by atoms with Crippen LogP contribution in [0.1, 0.15) is 51.0 Å². The van der Waals surface area contributed by atoms with Crippen LogP contribution in [-0.4, -0.2) is 11.6 Å². The lowest BCUT2D eigenvalue weighted by Gasteiger charge is -2.04. The molecule has 0 bridgehead atoms. The number of pyridine rings is 1. The van der Waals surface area contributed by atoms with Crippen LogP contribution in [0.2, 0.25) is 0 Å². The summed E-state index contributed by atoms with van der Waals surface area (Å²) in [6.45, 7) is 3.78. The van der Waals surface area contributed by atoms with Gasteiger partial charge < -0.3 is 4.74 Å². The van der Waals surface area contributed by atoms with Crippen LogP contribution in [0.25, 0.3) is 0 Å². The fourth-order valence-electron chi connectivity index (χ4n) is 1.67. The molecular formula is C14H22BrNO. The minimum Gasteiger partial charge on any atom is -0.377 e. The number of nitrogens with zero attached hydrogens (tertiary/aromatic N) is 1. The second kappa shape index (κ2) is 9.60. The van der Waals surface area contributed by atoms with Gasteiger partial charge in [-0.25, -0.2) is 4.98 Å². The average Bonchev–Trinajstić information content (AvgIpc) is 2.35. The molecule has 0 aliphatic heterocycles. The Morgan fingerprint density at radius 2 is 1.88 bits per heavy atom. The number of hydrogen-bond donors (Lipinski definition) is 0. The Kier molecular flexibility index (Phi) is 8.28. The van der Waals surface area contributed by atoms with Gasteiger partial charge in [0, 0.05) is 12.8 Å². The van der Waals surface area contributed by atoms with Gasteiger partial charge in [0.25, 0.3) is 0 Å². The maximum Gasteiger partial charge on any atom is 0.106 e. The van der Waals surface area contributed by atoms with Crippen molar-refractivity contribution in [1.82, 2.24) is 4.98 Å². The first-order valence-electron chi connectivity index (χ1n) is 6.51. The Morgan fingerprint density at radius 3 is 2.59 bits per heavy atom. The minimum absolute atomic E-state index is 0.676. The van der Waals surface area contributed by atoms with Crippen molar-refractivity contribution in [3.8, 4) is 0 Å². The normalized spacial score (nSPS) is 10.7. The maximum atomic E-state index is 5.61. The third-order valence-electron chi connectivity index (χ3n) is 2.70. The summed E-state index contributed by atoms with van der Waals surface area (Å²) >= 11 is 3.32. The van der Waals surface area contributed by atoms with Gasteiger partial charge in [0.2, 0.25) is 0 Å². The van der Waals surface area contributed by atoms with Gasteiger partial charge >= 0.3 is 0 Å². The first-order valence-corrected chi connectivity index (χ1v) is 7.30. The molecule has 0 unspecified atom stereocenters. The summed E-state index contributed by atoms with van der Waals surface area (Å²) in [7, 11) is 0. The largest absolute Gasteiger partial charge is 0.377 e. The topological polar surface area (TPSA) is 22.1 Å². The van der Waals surface area contributed by atoms with Crippen molar-refractivity contribution < 1.29 is 4.74 Å². The quantitative estimate of drug-likeness (QED) is 0.486. The van der Waals surface area contributed by atoms with Gasteiger partial charge in [-0.05, 0) is 34.0 Å². The van der Waals surface area contributed by atoms with E-state index in [-0.39, 0.29) is 0 Å². The highest BCUT2D eigenvalue weighted by atomic mass is 79.9. The Hall–Kier alpha value is -0.410. The Bertz CT molecular complexity index is 287. The van der Waals surface area contributed by atoms with Gasteiger partial charge in [-0.15, -0.1) is 0 Å². The van der Waals surface area contributed by atoms with Crippen molar-refractivity contribution >= 4 is 15.9 Å². The van der Waals surface area contributed by atoms with E-state index >= 15 is 0 Å². The molecule has 1 aromatic rings. The van der Waals surface area contributed by atoms with E-state index in [9.17, 15) is 0 Å². The van der Waals surface area contributed by atoms with Crippen molar-refractivity contribution in [1.29, 1.82) is 0 Å². The molecule has 96 valence electrons. The lowest BCUT2D eigenvalue weighted by atomic mass is 10.1. The van der Waals surface area contributed by atoms with E-state index in [1.165, 1.54) is 38.5 Å². The molecule has 0 aliphatic rings. The maximum absolute atomic E-state index is 5.61. The van der Waals surface area contributed by atoms with Crippen molar-refractivity contribution in [2.24, 2.45) is 0 Å². The number of hydrogen-bond acceptors (Lipinski definition) is 2. The number of halogens is 1. The summed E-state index contributed by atoms with van der Waals surface area (Å²) < 4.78 is 6.48. The fraction of sp³-hybridized carbons (Fsp3) is 0.643. The molecule has 0 aromatic carbocycles. The molecule has 0 spiro atoms. The summed E-state index contributed by atoms with van der Waals surface area (Å²) in [5.74, 6) is 0. The lowest BCUT2D eigenvalue weighted by Crippen LogP contribution is -1.96. The average molecular weight is 300 g/mol. The van der Waals surface area contributed by atoms with Crippen LogP contribution in [0.3, 0.4) is 0 Å². The van der Waals surface area contributed by atoms with E-state index in [4.69, 9.17) is 4.74 Å². The van der Waals surface area contributed by atoms with Gasteiger partial charge in [0.15, 0.2) is 0 Å². The smallest absolute Gasteiger partial charge is 0.106 e. The van der Waals surface area contributed by atoms with Crippen molar-refractivity contribution in [2.45, 2.75) is 52.1 Å². The molecule has 1 rings (SSSR count). The Labute approximate surface area is 113 Å². The molecule has 0 fully saturated rings. The van der Waals surface area contributed by atoms with Crippen LogP contribution in [0, 0.1) is 0 Å². The first-order chi connectivity index (χ1) is 8.33. The number of ether oxygens (including phenoxy) is 1. The molecule has 0 amide bonds. The van der Waals surface area contributed by atoms with E-state index in [0.717, 1.165) is 16.8 Å². The van der Waals surface area contributed by atoms with Gasteiger partial charge in [-0.1, -0.05) is 45.1 Å². The van der Waals surface area contributed by atoms with Crippen LogP contribution in [0.5, 0.6) is 0 Å². The van der Waals surface area contributed by atoms with Gasteiger partial charge in [-0.3, -0.25) is 0 Å². The second-order valence-corrected chi connectivity index (χ2v) is 5.12.